The maximum absolute atomic E-state index is 10.3. The van der Waals surface area contributed by atoms with E-state index in [2.05, 4.69) is 19.1 Å². The lowest BCUT2D eigenvalue weighted by atomic mass is 10.1. The van der Waals surface area contributed by atoms with E-state index >= 15 is 0 Å². The van der Waals surface area contributed by atoms with Crippen molar-refractivity contribution in [2.75, 3.05) is 0 Å². The van der Waals surface area contributed by atoms with Crippen molar-refractivity contribution >= 4 is 5.97 Å². The van der Waals surface area contributed by atoms with Crippen LogP contribution < -0.4 is 0 Å². The first kappa shape index (κ1) is 19.8. The number of carboxylic acids is 1. The van der Waals surface area contributed by atoms with Gasteiger partial charge in [-0.05, 0) is 38.2 Å². The molecule has 0 fully saturated rings. The van der Waals surface area contributed by atoms with Gasteiger partial charge in [-0.3, -0.25) is 4.79 Å². The number of aliphatic hydroxyl groups is 1. The minimum absolute atomic E-state index is 0.274. The predicted molar refractivity (Wildman–Crippen MR) is 88.6 cm³/mol. The van der Waals surface area contributed by atoms with E-state index in [1.807, 2.05) is 6.08 Å². The molecule has 0 aliphatic heterocycles. The zero-order valence-electron chi connectivity index (χ0n) is 13.5. The Kier molecular flexibility index (Phi) is 14.2. The summed E-state index contributed by atoms with van der Waals surface area (Å²) in [4.78, 5) is 10.3. The Labute approximate surface area is 129 Å². The molecule has 0 radical (unpaired) electrons. The topological polar surface area (TPSA) is 57.5 Å². The van der Waals surface area contributed by atoms with Gasteiger partial charge in [-0.1, -0.05) is 51.2 Å². The van der Waals surface area contributed by atoms with Gasteiger partial charge in [0.2, 0.25) is 0 Å². The van der Waals surface area contributed by atoms with Crippen LogP contribution in [0.15, 0.2) is 24.0 Å². The Morgan fingerprint density at radius 2 is 1.52 bits per heavy atom. The van der Waals surface area contributed by atoms with E-state index in [4.69, 9.17) is 5.11 Å². The minimum atomic E-state index is -0.710. The number of carboxylic acid groups (broad SMARTS) is 1. The number of aliphatic carboxylic acids is 1. The molecule has 0 heterocycles. The van der Waals surface area contributed by atoms with E-state index in [1.165, 1.54) is 19.3 Å². The molecule has 0 aromatic rings. The lowest BCUT2D eigenvalue weighted by Crippen LogP contribution is -1.93. The molecule has 0 amide bonds. The molecule has 0 aliphatic carbocycles. The number of rotatable bonds is 14. The predicted octanol–water partition coefficient (Wildman–Crippen LogP) is 5.77. The van der Waals surface area contributed by atoms with Crippen molar-refractivity contribution in [3.63, 3.8) is 0 Å². The molecule has 0 spiro atoms. The van der Waals surface area contributed by atoms with E-state index in [1.54, 1.807) is 0 Å². The summed E-state index contributed by atoms with van der Waals surface area (Å²) in [6, 6.07) is 0. The van der Waals surface area contributed by atoms with E-state index in [0.717, 1.165) is 51.4 Å². The summed E-state index contributed by atoms with van der Waals surface area (Å²) in [6.45, 7) is 2.21. The van der Waals surface area contributed by atoms with Crippen LogP contribution in [0.3, 0.4) is 0 Å². The second-order valence-electron chi connectivity index (χ2n) is 5.56. The van der Waals surface area contributed by atoms with Gasteiger partial charge in [0.1, 0.15) is 0 Å². The summed E-state index contributed by atoms with van der Waals surface area (Å²) in [7, 11) is 0. The van der Waals surface area contributed by atoms with Crippen molar-refractivity contribution in [3.8, 4) is 0 Å². The van der Waals surface area contributed by atoms with Gasteiger partial charge >= 0.3 is 5.97 Å². The Hall–Kier alpha value is -1.25. The molecule has 0 saturated carbocycles. The van der Waals surface area contributed by atoms with Crippen molar-refractivity contribution < 1.29 is 15.0 Å². The molecule has 0 bridgehead atoms. The number of hydrogen-bond donors (Lipinski definition) is 2. The average Bonchev–Trinajstić information content (AvgIpc) is 2.45. The van der Waals surface area contributed by atoms with Crippen molar-refractivity contribution in [1.82, 2.24) is 0 Å². The summed E-state index contributed by atoms with van der Waals surface area (Å²) in [5.74, 6) is -0.225. The zero-order chi connectivity index (χ0) is 15.8. The molecule has 122 valence electrons. The Balaban J connectivity index is 3.41. The molecule has 3 heteroatoms. The van der Waals surface area contributed by atoms with Gasteiger partial charge in [-0.25, -0.2) is 0 Å². The number of unbranched alkanes of at least 4 members (excludes halogenated alkanes) is 7. The van der Waals surface area contributed by atoms with Gasteiger partial charge in [0.05, 0.1) is 5.76 Å². The van der Waals surface area contributed by atoms with Crippen LogP contribution in [0, 0.1) is 0 Å². The number of carbonyl (C=O) groups is 1. The largest absolute Gasteiger partial charge is 0.513 e. The van der Waals surface area contributed by atoms with E-state index in [-0.39, 0.29) is 6.42 Å². The van der Waals surface area contributed by atoms with Crippen molar-refractivity contribution in [2.45, 2.75) is 84.0 Å². The third-order valence-corrected chi connectivity index (χ3v) is 3.45. The fourth-order valence-electron chi connectivity index (χ4n) is 2.15. The normalized spacial score (nSPS) is 12.1. The monoisotopic (exact) mass is 296 g/mol. The Morgan fingerprint density at radius 3 is 2.19 bits per heavy atom. The fourth-order valence-corrected chi connectivity index (χ4v) is 2.15. The number of aliphatic hydroxyl groups excluding tert-OH is 1. The zero-order valence-corrected chi connectivity index (χ0v) is 13.5. The van der Waals surface area contributed by atoms with Crippen LogP contribution >= 0.6 is 0 Å². The van der Waals surface area contributed by atoms with E-state index in [0.29, 0.717) is 5.76 Å². The molecule has 0 aliphatic rings. The quantitative estimate of drug-likeness (QED) is 0.243. The first-order valence-corrected chi connectivity index (χ1v) is 8.41. The molecule has 0 unspecified atom stereocenters. The smallest absolute Gasteiger partial charge is 0.303 e. The standard InChI is InChI=1S/C18H32O3/c1-2-3-4-5-6-8-11-14-17(19)15-12-9-7-10-13-16-18(20)21/h6,8,14,19H,2-5,7,9-13,15-16H2,1H3,(H,20,21)/b8-6-,17-14-. The second kappa shape index (κ2) is 15.1. The first-order chi connectivity index (χ1) is 10.2. The molecule has 2 N–H and O–H groups in total. The van der Waals surface area contributed by atoms with Crippen LogP contribution in [0.2, 0.25) is 0 Å². The lowest BCUT2D eigenvalue weighted by Gasteiger charge is -2.01. The van der Waals surface area contributed by atoms with Crippen LogP contribution in [0.1, 0.15) is 84.0 Å². The fraction of sp³-hybridized carbons (Fsp3) is 0.722. The Bertz CT molecular complexity index is 306. The highest BCUT2D eigenvalue weighted by Gasteiger charge is 1.97. The molecule has 3 nitrogen and oxygen atoms in total. The summed E-state index contributed by atoms with van der Waals surface area (Å²) < 4.78 is 0. The summed E-state index contributed by atoms with van der Waals surface area (Å²) in [5.41, 5.74) is 0. The van der Waals surface area contributed by atoms with Crippen molar-refractivity contribution in [3.05, 3.63) is 24.0 Å². The molecule has 0 rings (SSSR count). The van der Waals surface area contributed by atoms with Crippen molar-refractivity contribution in [2.24, 2.45) is 0 Å². The van der Waals surface area contributed by atoms with Gasteiger partial charge in [0.15, 0.2) is 0 Å². The maximum Gasteiger partial charge on any atom is 0.303 e. The van der Waals surface area contributed by atoms with Crippen molar-refractivity contribution in [1.29, 1.82) is 0 Å². The van der Waals surface area contributed by atoms with Crippen LogP contribution in [0.25, 0.3) is 0 Å². The van der Waals surface area contributed by atoms with Gasteiger partial charge in [-0.15, -0.1) is 0 Å². The molecule has 0 aromatic carbocycles. The molecule has 21 heavy (non-hydrogen) atoms. The third-order valence-electron chi connectivity index (χ3n) is 3.45. The SMILES string of the molecule is CCCCC/C=C\C/C=C(\O)CCCCCCCC(=O)O. The lowest BCUT2D eigenvalue weighted by molar-refractivity contribution is -0.137. The summed E-state index contributed by atoms with van der Waals surface area (Å²) in [6.07, 6.45) is 17.8. The Morgan fingerprint density at radius 1 is 0.857 bits per heavy atom. The van der Waals surface area contributed by atoms with Crippen LogP contribution in [-0.4, -0.2) is 16.2 Å². The van der Waals surface area contributed by atoms with Gasteiger partial charge in [-0.2, -0.15) is 0 Å². The van der Waals surface area contributed by atoms with E-state index < -0.39 is 5.97 Å². The third kappa shape index (κ3) is 16.7. The molecule has 0 aromatic heterocycles. The average molecular weight is 296 g/mol. The summed E-state index contributed by atoms with van der Waals surface area (Å²) >= 11 is 0. The van der Waals surface area contributed by atoms with Crippen LogP contribution in [0.4, 0.5) is 0 Å². The van der Waals surface area contributed by atoms with E-state index in [9.17, 15) is 9.90 Å². The molecule has 0 saturated heterocycles. The summed E-state index contributed by atoms with van der Waals surface area (Å²) in [5, 5.41) is 18.2. The molecular formula is C18H32O3. The van der Waals surface area contributed by atoms with Crippen LogP contribution in [-0.2, 0) is 4.79 Å². The second-order valence-corrected chi connectivity index (χ2v) is 5.56. The van der Waals surface area contributed by atoms with Gasteiger partial charge in [0, 0.05) is 12.8 Å². The first-order valence-electron chi connectivity index (χ1n) is 8.41. The highest BCUT2D eigenvalue weighted by molar-refractivity contribution is 5.66. The maximum atomic E-state index is 10.3. The number of allylic oxidation sites excluding steroid dienone is 4. The van der Waals surface area contributed by atoms with Crippen LogP contribution in [0.5, 0.6) is 0 Å². The highest BCUT2D eigenvalue weighted by atomic mass is 16.4. The molecular weight excluding hydrogens is 264 g/mol. The minimum Gasteiger partial charge on any atom is -0.513 e. The van der Waals surface area contributed by atoms with Gasteiger partial charge in [0.25, 0.3) is 0 Å². The number of hydrogen-bond acceptors (Lipinski definition) is 2. The molecule has 0 atom stereocenters. The van der Waals surface area contributed by atoms with Gasteiger partial charge < -0.3 is 10.2 Å². The highest BCUT2D eigenvalue weighted by Crippen LogP contribution is 2.11.